The van der Waals surface area contributed by atoms with Gasteiger partial charge < -0.3 is 10.8 Å². The summed E-state index contributed by atoms with van der Waals surface area (Å²) >= 11 is 0. The van der Waals surface area contributed by atoms with Crippen molar-refractivity contribution >= 4 is 12.0 Å². The number of rotatable bonds is 4. The molecule has 1 atom stereocenters. The van der Waals surface area contributed by atoms with Crippen LogP contribution in [0.1, 0.15) is 27.2 Å². The molecule has 15 heavy (non-hydrogen) atoms. The molecule has 0 saturated heterocycles. The summed E-state index contributed by atoms with van der Waals surface area (Å²) in [6, 6.07) is -0.861. The van der Waals surface area contributed by atoms with Crippen LogP contribution >= 0.6 is 0 Å². The SMILES string of the molecule is C=CCC(C(N)=O)N(C(=O)O)C(C)(C)C. The second-order valence-electron chi connectivity index (χ2n) is 4.27. The average Bonchev–Trinajstić information content (AvgIpc) is 1.99. The highest BCUT2D eigenvalue weighted by atomic mass is 16.4. The third kappa shape index (κ3) is 3.61. The first-order valence-electron chi connectivity index (χ1n) is 4.64. The zero-order valence-corrected chi connectivity index (χ0v) is 9.36. The molecule has 0 fully saturated rings. The van der Waals surface area contributed by atoms with Crippen LogP contribution in [0.2, 0.25) is 0 Å². The molecule has 0 spiro atoms. The first-order valence-corrected chi connectivity index (χ1v) is 4.64. The van der Waals surface area contributed by atoms with Gasteiger partial charge in [-0.25, -0.2) is 4.79 Å². The molecule has 3 N–H and O–H groups in total. The van der Waals surface area contributed by atoms with Crippen LogP contribution in [-0.4, -0.2) is 33.6 Å². The van der Waals surface area contributed by atoms with Gasteiger partial charge in [-0.3, -0.25) is 9.69 Å². The maximum atomic E-state index is 11.2. The van der Waals surface area contributed by atoms with Gasteiger partial charge in [0.05, 0.1) is 0 Å². The number of carbonyl (C=O) groups excluding carboxylic acids is 1. The smallest absolute Gasteiger partial charge is 0.408 e. The second kappa shape index (κ2) is 4.82. The molecule has 1 unspecified atom stereocenters. The van der Waals surface area contributed by atoms with Crippen LogP contribution in [0.4, 0.5) is 4.79 Å². The number of primary amides is 1. The second-order valence-corrected chi connectivity index (χ2v) is 4.27. The Labute approximate surface area is 89.6 Å². The summed E-state index contributed by atoms with van der Waals surface area (Å²) in [7, 11) is 0. The van der Waals surface area contributed by atoms with Crippen molar-refractivity contribution in [2.24, 2.45) is 5.73 Å². The molecule has 5 nitrogen and oxygen atoms in total. The Kier molecular flexibility index (Phi) is 4.33. The molecule has 0 aromatic carbocycles. The Morgan fingerprint density at radius 1 is 1.53 bits per heavy atom. The molecule has 86 valence electrons. The zero-order chi connectivity index (χ0) is 12.2. The van der Waals surface area contributed by atoms with Gasteiger partial charge in [0.15, 0.2) is 0 Å². The van der Waals surface area contributed by atoms with E-state index in [9.17, 15) is 9.59 Å². The summed E-state index contributed by atoms with van der Waals surface area (Å²) in [5.74, 6) is -0.660. The van der Waals surface area contributed by atoms with Crippen molar-refractivity contribution in [3.8, 4) is 0 Å². The molecule has 0 aromatic heterocycles. The molecule has 0 heterocycles. The van der Waals surface area contributed by atoms with Crippen LogP contribution in [0, 0.1) is 0 Å². The average molecular weight is 214 g/mol. The van der Waals surface area contributed by atoms with E-state index in [2.05, 4.69) is 6.58 Å². The fraction of sp³-hybridized carbons (Fsp3) is 0.600. The number of hydrogen-bond acceptors (Lipinski definition) is 2. The lowest BCUT2D eigenvalue weighted by molar-refractivity contribution is -0.124. The summed E-state index contributed by atoms with van der Waals surface area (Å²) in [4.78, 5) is 23.3. The number of amides is 2. The molecule has 0 aromatic rings. The minimum Gasteiger partial charge on any atom is -0.465 e. The van der Waals surface area contributed by atoms with Crippen molar-refractivity contribution in [1.82, 2.24) is 4.90 Å². The summed E-state index contributed by atoms with van der Waals surface area (Å²) in [5, 5.41) is 9.04. The van der Waals surface area contributed by atoms with Gasteiger partial charge in [0, 0.05) is 5.54 Å². The van der Waals surface area contributed by atoms with Crippen molar-refractivity contribution in [3.63, 3.8) is 0 Å². The van der Waals surface area contributed by atoms with Crippen molar-refractivity contribution in [2.45, 2.75) is 38.8 Å². The van der Waals surface area contributed by atoms with Gasteiger partial charge in [0.2, 0.25) is 5.91 Å². The van der Waals surface area contributed by atoms with Crippen molar-refractivity contribution in [2.75, 3.05) is 0 Å². The van der Waals surface area contributed by atoms with Gasteiger partial charge in [-0.2, -0.15) is 0 Å². The molecule has 0 radical (unpaired) electrons. The fourth-order valence-corrected chi connectivity index (χ4v) is 1.39. The molecule has 0 bridgehead atoms. The minimum atomic E-state index is -1.16. The molecule has 0 rings (SSSR count). The molecule has 0 aliphatic heterocycles. The Hall–Kier alpha value is -1.52. The standard InChI is InChI=1S/C10H18N2O3/c1-5-6-7(8(11)13)12(9(14)15)10(2,3)4/h5,7H,1,6H2,2-4H3,(H2,11,13)(H,14,15). The Balaban J connectivity index is 5.10. The van der Waals surface area contributed by atoms with Gasteiger partial charge in [0.25, 0.3) is 0 Å². The van der Waals surface area contributed by atoms with Gasteiger partial charge >= 0.3 is 6.09 Å². The third-order valence-electron chi connectivity index (χ3n) is 1.96. The highest BCUT2D eigenvalue weighted by molar-refractivity contribution is 5.84. The monoisotopic (exact) mass is 214 g/mol. The Morgan fingerprint density at radius 3 is 2.20 bits per heavy atom. The Bertz CT molecular complexity index is 268. The summed E-state index contributed by atoms with van der Waals surface area (Å²) in [5.41, 5.74) is 4.49. The van der Waals surface area contributed by atoms with Crippen molar-refractivity contribution < 1.29 is 14.7 Å². The van der Waals surface area contributed by atoms with Crippen molar-refractivity contribution in [3.05, 3.63) is 12.7 Å². The van der Waals surface area contributed by atoms with E-state index in [1.54, 1.807) is 20.8 Å². The normalized spacial score (nSPS) is 13.0. The summed E-state index contributed by atoms with van der Waals surface area (Å²) < 4.78 is 0. The zero-order valence-electron chi connectivity index (χ0n) is 9.36. The van der Waals surface area contributed by atoms with Crippen LogP contribution in [-0.2, 0) is 4.79 Å². The highest BCUT2D eigenvalue weighted by Crippen LogP contribution is 2.19. The van der Waals surface area contributed by atoms with Crippen LogP contribution in [0.5, 0.6) is 0 Å². The van der Waals surface area contributed by atoms with Crippen LogP contribution in [0.3, 0.4) is 0 Å². The van der Waals surface area contributed by atoms with E-state index in [-0.39, 0.29) is 6.42 Å². The van der Waals surface area contributed by atoms with Gasteiger partial charge in [0.1, 0.15) is 6.04 Å². The lowest BCUT2D eigenvalue weighted by Gasteiger charge is -2.37. The molecule has 0 aliphatic carbocycles. The number of hydrogen-bond donors (Lipinski definition) is 2. The molecule has 0 saturated carbocycles. The van der Waals surface area contributed by atoms with Crippen molar-refractivity contribution in [1.29, 1.82) is 0 Å². The third-order valence-corrected chi connectivity index (χ3v) is 1.96. The van der Waals surface area contributed by atoms with Crippen LogP contribution < -0.4 is 5.73 Å². The summed E-state index contributed by atoms with van der Waals surface area (Å²) in [6.07, 6.45) is 0.545. The van der Waals surface area contributed by atoms with E-state index in [1.807, 2.05) is 0 Å². The topological polar surface area (TPSA) is 83.6 Å². The number of nitrogens with two attached hydrogens (primary N) is 1. The molecular formula is C10H18N2O3. The molecule has 5 heteroatoms. The predicted octanol–water partition coefficient (Wildman–Crippen LogP) is 1.19. The molecular weight excluding hydrogens is 196 g/mol. The molecule has 2 amide bonds. The summed E-state index contributed by atoms with van der Waals surface area (Å²) in [6.45, 7) is 8.60. The minimum absolute atomic E-state index is 0.221. The largest absolute Gasteiger partial charge is 0.465 e. The van der Waals surface area contributed by atoms with E-state index < -0.39 is 23.6 Å². The number of nitrogens with zero attached hydrogens (tertiary/aromatic N) is 1. The number of carbonyl (C=O) groups is 2. The maximum Gasteiger partial charge on any atom is 0.408 e. The molecule has 0 aliphatic rings. The van der Waals surface area contributed by atoms with E-state index >= 15 is 0 Å². The Morgan fingerprint density at radius 2 is 2.00 bits per heavy atom. The maximum absolute atomic E-state index is 11.2. The first-order chi connectivity index (χ1) is 6.71. The quantitative estimate of drug-likeness (QED) is 0.689. The van der Waals surface area contributed by atoms with E-state index in [0.717, 1.165) is 4.90 Å². The predicted molar refractivity (Wildman–Crippen MR) is 57.4 cm³/mol. The van der Waals surface area contributed by atoms with E-state index in [1.165, 1.54) is 6.08 Å². The fourth-order valence-electron chi connectivity index (χ4n) is 1.39. The van der Waals surface area contributed by atoms with Gasteiger partial charge in [-0.1, -0.05) is 6.08 Å². The lowest BCUT2D eigenvalue weighted by atomic mass is 10.0. The van der Waals surface area contributed by atoms with Crippen LogP contribution in [0.15, 0.2) is 12.7 Å². The lowest BCUT2D eigenvalue weighted by Crippen LogP contribution is -2.55. The van der Waals surface area contributed by atoms with Gasteiger partial charge in [-0.05, 0) is 27.2 Å². The highest BCUT2D eigenvalue weighted by Gasteiger charge is 2.35. The van der Waals surface area contributed by atoms with Crippen LogP contribution in [0.25, 0.3) is 0 Å². The van der Waals surface area contributed by atoms with E-state index in [4.69, 9.17) is 10.8 Å². The number of carboxylic acid groups (broad SMARTS) is 1. The van der Waals surface area contributed by atoms with E-state index in [0.29, 0.717) is 0 Å². The first kappa shape index (κ1) is 13.5. The van der Waals surface area contributed by atoms with Gasteiger partial charge in [-0.15, -0.1) is 6.58 Å².